The maximum atomic E-state index is 13.9. The van der Waals surface area contributed by atoms with E-state index in [0.29, 0.717) is 12.2 Å². The first-order chi connectivity index (χ1) is 9.13. The van der Waals surface area contributed by atoms with Crippen LogP contribution in [0.5, 0.6) is 0 Å². The van der Waals surface area contributed by atoms with Crippen LogP contribution in [-0.4, -0.2) is 11.6 Å². The molecule has 0 saturated carbocycles. The van der Waals surface area contributed by atoms with Crippen molar-refractivity contribution in [1.82, 2.24) is 4.98 Å². The summed E-state index contributed by atoms with van der Waals surface area (Å²) in [5, 5.41) is 0. The zero-order valence-electron chi connectivity index (χ0n) is 10.4. The smallest absolute Gasteiger partial charge is 0.132 e. The fraction of sp³-hybridized carbons (Fsp3) is 0.267. The Morgan fingerprint density at radius 1 is 1.32 bits per heavy atom. The summed E-state index contributed by atoms with van der Waals surface area (Å²) in [6, 6.07) is 7.39. The molecule has 1 fully saturated rings. The Hall–Kier alpha value is -1.81. The van der Waals surface area contributed by atoms with Gasteiger partial charge < -0.3 is 4.74 Å². The van der Waals surface area contributed by atoms with Gasteiger partial charge in [-0.15, -0.1) is 0 Å². The van der Waals surface area contributed by atoms with E-state index in [1.807, 2.05) is 19.1 Å². The summed E-state index contributed by atoms with van der Waals surface area (Å²) >= 11 is 0. The molecule has 1 aromatic carbocycles. The first-order valence-electron chi connectivity index (χ1n) is 6.13. The lowest BCUT2D eigenvalue weighted by atomic mass is 9.83. The molecule has 1 aromatic heterocycles. The molecule has 1 aliphatic rings. The average molecular weight is 261 g/mol. The predicted molar refractivity (Wildman–Crippen MR) is 66.6 cm³/mol. The van der Waals surface area contributed by atoms with E-state index in [2.05, 4.69) is 4.98 Å². The number of aromatic nitrogens is 1. The third-order valence-corrected chi connectivity index (χ3v) is 3.73. The third-order valence-electron chi connectivity index (χ3n) is 3.73. The zero-order chi connectivity index (χ0) is 13.5. The predicted octanol–water partition coefficient (Wildman–Crippen LogP) is 3.39. The highest BCUT2D eigenvalue weighted by atomic mass is 19.1. The van der Waals surface area contributed by atoms with Crippen LogP contribution in [0.4, 0.5) is 8.78 Å². The highest BCUT2D eigenvalue weighted by molar-refractivity contribution is 5.35. The van der Waals surface area contributed by atoms with E-state index in [0.717, 1.165) is 11.6 Å². The summed E-state index contributed by atoms with van der Waals surface area (Å²) in [5.74, 6) is -1.18. The minimum absolute atomic E-state index is 0.0406. The van der Waals surface area contributed by atoms with Crippen molar-refractivity contribution in [3.8, 4) is 0 Å². The Morgan fingerprint density at radius 3 is 2.68 bits per heavy atom. The maximum Gasteiger partial charge on any atom is 0.132 e. The number of ether oxygens (including phenoxy) is 1. The topological polar surface area (TPSA) is 25.4 Å². The molecule has 0 radical (unpaired) electrons. The maximum absolute atomic E-state index is 13.9. The molecule has 2 aromatic rings. The number of pyridine rings is 1. The summed E-state index contributed by atoms with van der Waals surface area (Å²) in [7, 11) is 0. The Bertz CT molecular complexity index is 596. The number of hydrogen-bond donors (Lipinski definition) is 0. The molecule has 2 atom stereocenters. The fourth-order valence-corrected chi connectivity index (χ4v) is 2.45. The monoisotopic (exact) mass is 261 g/mol. The van der Waals surface area contributed by atoms with Gasteiger partial charge in [-0.25, -0.2) is 8.78 Å². The summed E-state index contributed by atoms with van der Waals surface area (Å²) in [6.07, 6.45) is 3.44. The van der Waals surface area contributed by atoms with Gasteiger partial charge in [0.15, 0.2) is 0 Å². The normalized spacial score (nSPS) is 23.1. The number of nitrogens with zero attached hydrogens (tertiary/aromatic N) is 1. The SMILES string of the molecule is CC(c1cccnc1)C1(c2ccc(F)cc2F)CO1. The van der Waals surface area contributed by atoms with Crippen LogP contribution in [0.25, 0.3) is 0 Å². The van der Waals surface area contributed by atoms with Crippen LogP contribution in [0.2, 0.25) is 0 Å². The molecule has 0 bridgehead atoms. The standard InChI is InChI=1S/C15H13F2NO/c1-10(11-3-2-6-18-8-11)15(9-19-15)13-5-4-12(16)7-14(13)17/h2-8,10H,9H2,1H3. The Balaban J connectivity index is 1.99. The van der Waals surface area contributed by atoms with Crippen LogP contribution in [0.1, 0.15) is 24.0 Å². The van der Waals surface area contributed by atoms with Gasteiger partial charge in [0.1, 0.15) is 17.2 Å². The number of epoxide rings is 1. The Morgan fingerprint density at radius 2 is 2.11 bits per heavy atom. The molecule has 19 heavy (non-hydrogen) atoms. The van der Waals surface area contributed by atoms with Gasteiger partial charge in [0, 0.05) is 29.9 Å². The molecule has 2 heterocycles. The van der Waals surface area contributed by atoms with Crippen molar-refractivity contribution >= 4 is 0 Å². The number of hydrogen-bond acceptors (Lipinski definition) is 2. The van der Waals surface area contributed by atoms with E-state index >= 15 is 0 Å². The van der Waals surface area contributed by atoms with E-state index in [9.17, 15) is 8.78 Å². The molecule has 0 amide bonds. The van der Waals surface area contributed by atoms with Crippen LogP contribution in [0.15, 0.2) is 42.7 Å². The highest BCUT2D eigenvalue weighted by Crippen LogP contribution is 2.50. The van der Waals surface area contributed by atoms with Crippen molar-refractivity contribution in [3.05, 3.63) is 65.5 Å². The number of halogens is 2. The largest absolute Gasteiger partial charge is 0.364 e. The second-order valence-electron chi connectivity index (χ2n) is 4.81. The van der Waals surface area contributed by atoms with Gasteiger partial charge in [-0.05, 0) is 17.7 Å². The lowest BCUT2D eigenvalue weighted by Crippen LogP contribution is -2.19. The lowest BCUT2D eigenvalue weighted by Gasteiger charge is -2.21. The van der Waals surface area contributed by atoms with Gasteiger partial charge in [0.25, 0.3) is 0 Å². The van der Waals surface area contributed by atoms with Crippen molar-refractivity contribution in [2.75, 3.05) is 6.61 Å². The highest BCUT2D eigenvalue weighted by Gasteiger charge is 2.53. The van der Waals surface area contributed by atoms with Crippen molar-refractivity contribution in [2.24, 2.45) is 0 Å². The fourth-order valence-electron chi connectivity index (χ4n) is 2.45. The van der Waals surface area contributed by atoms with E-state index in [1.165, 1.54) is 12.1 Å². The molecular formula is C15H13F2NO. The average Bonchev–Trinajstić information content (AvgIpc) is 3.20. The molecule has 1 saturated heterocycles. The molecule has 0 aliphatic carbocycles. The molecule has 4 heteroatoms. The van der Waals surface area contributed by atoms with E-state index in [1.54, 1.807) is 12.4 Å². The van der Waals surface area contributed by atoms with Gasteiger partial charge in [-0.1, -0.05) is 19.1 Å². The van der Waals surface area contributed by atoms with Gasteiger partial charge in [0.2, 0.25) is 0 Å². The molecule has 2 nitrogen and oxygen atoms in total. The second kappa shape index (κ2) is 4.38. The molecule has 98 valence electrons. The second-order valence-corrected chi connectivity index (χ2v) is 4.81. The van der Waals surface area contributed by atoms with Gasteiger partial charge in [-0.3, -0.25) is 4.98 Å². The summed E-state index contributed by atoms with van der Waals surface area (Å²) in [5.41, 5.74) is 0.690. The minimum atomic E-state index is -0.694. The quantitative estimate of drug-likeness (QED) is 0.791. The van der Waals surface area contributed by atoms with Gasteiger partial charge >= 0.3 is 0 Å². The molecule has 0 N–H and O–H groups in total. The van der Waals surface area contributed by atoms with E-state index in [4.69, 9.17) is 4.74 Å². The van der Waals surface area contributed by atoms with E-state index in [-0.39, 0.29) is 5.92 Å². The van der Waals surface area contributed by atoms with Crippen LogP contribution >= 0.6 is 0 Å². The van der Waals surface area contributed by atoms with Crippen molar-refractivity contribution in [1.29, 1.82) is 0 Å². The molecule has 1 aliphatic heterocycles. The Labute approximate surface area is 110 Å². The number of benzene rings is 1. The molecular weight excluding hydrogens is 248 g/mol. The van der Waals surface area contributed by atoms with Crippen LogP contribution < -0.4 is 0 Å². The van der Waals surface area contributed by atoms with Crippen molar-refractivity contribution in [3.63, 3.8) is 0 Å². The van der Waals surface area contributed by atoms with Gasteiger partial charge in [0.05, 0.1) is 6.61 Å². The third kappa shape index (κ3) is 2.02. The number of rotatable bonds is 3. The zero-order valence-corrected chi connectivity index (χ0v) is 10.4. The van der Waals surface area contributed by atoms with Crippen molar-refractivity contribution < 1.29 is 13.5 Å². The molecule has 3 rings (SSSR count). The first kappa shape index (κ1) is 12.2. The van der Waals surface area contributed by atoms with Gasteiger partial charge in [-0.2, -0.15) is 0 Å². The molecule has 0 spiro atoms. The van der Waals surface area contributed by atoms with E-state index < -0.39 is 17.2 Å². The van der Waals surface area contributed by atoms with Crippen molar-refractivity contribution in [2.45, 2.75) is 18.4 Å². The lowest BCUT2D eigenvalue weighted by molar-refractivity contribution is 0.266. The van der Waals surface area contributed by atoms with Crippen LogP contribution in [0, 0.1) is 11.6 Å². The van der Waals surface area contributed by atoms with Crippen LogP contribution in [-0.2, 0) is 10.3 Å². The summed E-state index contributed by atoms with van der Waals surface area (Å²) < 4.78 is 32.4. The summed E-state index contributed by atoms with van der Waals surface area (Å²) in [6.45, 7) is 2.40. The summed E-state index contributed by atoms with van der Waals surface area (Å²) in [4.78, 5) is 4.07. The Kier molecular flexibility index (Phi) is 2.82. The van der Waals surface area contributed by atoms with Crippen LogP contribution in [0.3, 0.4) is 0 Å². The molecule has 2 unspecified atom stereocenters. The minimum Gasteiger partial charge on any atom is -0.364 e. The first-order valence-corrected chi connectivity index (χ1v) is 6.13.